The molecule has 0 aromatic heterocycles. The van der Waals surface area contributed by atoms with Crippen molar-refractivity contribution in [1.82, 2.24) is 4.31 Å². The fourth-order valence-corrected chi connectivity index (χ4v) is 4.31. The molecule has 0 saturated carbocycles. The van der Waals surface area contributed by atoms with Crippen molar-refractivity contribution in [2.24, 2.45) is 0 Å². The predicted molar refractivity (Wildman–Crippen MR) is 86.0 cm³/mol. The molecule has 1 saturated heterocycles. The number of benzene rings is 1. The lowest BCUT2D eigenvalue weighted by Crippen LogP contribution is -2.32. The molecule has 2 rings (SSSR count). The second-order valence-electron chi connectivity index (χ2n) is 5.29. The van der Waals surface area contributed by atoms with Gasteiger partial charge in [0.05, 0.1) is 13.2 Å². The smallest absolute Gasteiger partial charge is 0.246 e. The summed E-state index contributed by atoms with van der Waals surface area (Å²) in [7, 11) is -3.55. The summed E-state index contributed by atoms with van der Waals surface area (Å²) < 4.78 is 38.5. The molecule has 0 radical (unpaired) electrons. The Morgan fingerprint density at radius 1 is 1.00 bits per heavy atom. The normalized spacial score (nSPS) is 17.0. The van der Waals surface area contributed by atoms with Gasteiger partial charge < -0.3 is 9.47 Å². The van der Waals surface area contributed by atoms with Crippen molar-refractivity contribution < 1.29 is 17.9 Å². The molecular weight excluding hydrogens is 302 g/mol. The van der Waals surface area contributed by atoms with Gasteiger partial charge in [-0.1, -0.05) is 12.8 Å². The average Bonchev–Trinajstić information content (AvgIpc) is 2.79. The van der Waals surface area contributed by atoms with E-state index in [-0.39, 0.29) is 4.90 Å². The number of hydrogen-bond donors (Lipinski definition) is 0. The third-order valence-corrected chi connectivity index (χ3v) is 5.63. The van der Waals surface area contributed by atoms with E-state index in [1.165, 1.54) is 0 Å². The summed E-state index contributed by atoms with van der Waals surface area (Å²) in [5.41, 5.74) is 0. The second-order valence-corrected chi connectivity index (χ2v) is 7.20. The van der Waals surface area contributed by atoms with Crippen molar-refractivity contribution in [3.05, 3.63) is 18.2 Å². The van der Waals surface area contributed by atoms with Crippen LogP contribution in [0.1, 0.15) is 39.5 Å². The molecule has 0 amide bonds. The number of nitrogens with zero attached hydrogens (tertiary/aromatic N) is 1. The van der Waals surface area contributed by atoms with Crippen LogP contribution in [0.5, 0.6) is 11.5 Å². The zero-order valence-corrected chi connectivity index (χ0v) is 14.2. The van der Waals surface area contributed by atoms with Crippen molar-refractivity contribution in [3.63, 3.8) is 0 Å². The van der Waals surface area contributed by atoms with Gasteiger partial charge in [-0.25, -0.2) is 8.42 Å². The van der Waals surface area contributed by atoms with E-state index in [1.807, 2.05) is 13.8 Å². The molecule has 1 fully saturated rings. The first-order chi connectivity index (χ1) is 10.6. The summed E-state index contributed by atoms with van der Waals surface area (Å²) in [6, 6.07) is 5.00. The van der Waals surface area contributed by atoms with Gasteiger partial charge in [0.25, 0.3) is 0 Å². The SMILES string of the molecule is CCOc1ccc(OCC)c(S(=O)(=O)N2CCCCCC2)c1. The van der Waals surface area contributed by atoms with Crippen LogP contribution in [0, 0.1) is 0 Å². The van der Waals surface area contributed by atoms with Crippen LogP contribution in [0.4, 0.5) is 0 Å². The zero-order valence-electron chi connectivity index (χ0n) is 13.4. The molecule has 1 aliphatic rings. The molecule has 0 bridgehead atoms. The van der Waals surface area contributed by atoms with Gasteiger partial charge in [-0.05, 0) is 38.8 Å². The van der Waals surface area contributed by atoms with Crippen LogP contribution < -0.4 is 9.47 Å². The lowest BCUT2D eigenvalue weighted by Gasteiger charge is -2.22. The van der Waals surface area contributed by atoms with Crippen LogP contribution in [0.15, 0.2) is 23.1 Å². The van der Waals surface area contributed by atoms with Gasteiger partial charge in [0.15, 0.2) is 0 Å². The van der Waals surface area contributed by atoms with E-state index < -0.39 is 10.0 Å². The van der Waals surface area contributed by atoms with E-state index >= 15 is 0 Å². The molecular formula is C16H25NO4S. The Hall–Kier alpha value is -1.27. The Morgan fingerprint density at radius 2 is 1.64 bits per heavy atom. The molecule has 1 aliphatic heterocycles. The summed E-state index contributed by atoms with van der Waals surface area (Å²) in [5.74, 6) is 0.953. The lowest BCUT2D eigenvalue weighted by molar-refractivity contribution is 0.320. The van der Waals surface area contributed by atoms with Crippen molar-refractivity contribution in [1.29, 1.82) is 0 Å². The first-order valence-electron chi connectivity index (χ1n) is 7.99. The Balaban J connectivity index is 2.39. The van der Waals surface area contributed by atoms with Gasteiger partial charge in [-0.3, -0.25) is 0 Å². The highest BCUT2D eigenvalue weighted by molar-refractivity contribution is 7.89. The highest BCUT2D eigenvalue weighted by Crippen LogP contribution is 2.32. The second kappa shape index (κ2) is 7.83. The van der Waals surface area contributed by atoms with E-state index in [0.717, 1.165) is 25.7 Å². The van der Waals surface area contributed by atoms with Gasteiger partial charge in [0.2, 0.25) is 10.0 Å². The van der Waals surface area contributed by atoms with Crippen molar-refractivity contribution in [2.75, 3.05) is 26.3 Å². The minimum absolute atomic E-state index is 0.210. The van der Waals surface area contributed by atoms with Crippen molar-refractivity contribution in [2.45, 2.75) is 44.4 Å². The van der Waals surface area contributed by atoms with Crippen molar-refractivity contribution in [3.8, 4) is 11.5 Å². The van der Waals surface area contributed by atoms with Crippen LogP contribution in [-0.2, 0) is 10.0 Å². The Labute approximate surface area is 133 Å². The zero-order chi connectivity index (χ0) is 16.0. The van der Waals surface area contributed by atoms with E-state index in [1.54, 1.807) is 22.5 Å². The summed E-state index contributed by atoms with van der Waals surface area (Å²) in [6.45, 7) is 5.80. The quantitative estimate of drug-likeness (QED) is 0.806. The minimum atomic E-state index is -3.55. The maximum atomic E-state index is 13.0. The first-order valence-corrected chi connectivity index (χ1v) is 9.43. The van der Waals surface area contributed by atoms with Crippen LogP contribution in [0.2, 0.25) is 0 Å². The first kappa shape index (κ1) is 17.1. The predicted octanol–water partition coefficient (Wildman–Crippen LogP) is 3.05. The molecule has 6 heteroatoms. The number of hydrogen-bond acceptors (Lipinski definition) is 4. The molecule has 22 heavy (non-hydrogen) atoms. The molecule has 0 aliphatic carbocycles. The Kier molecular flexibility index (Phi) is 6.08. The monoisotopic (exact) mass is 327 g/mol. The van der Waals surface area contributed by atoms with Crippen LogP contribution >= 0.6 is 0 Å². The molecule has 0 atom stereocenters. The Bertz CT molecular complexity index is 578. The van der Waals surface area contributed by atoms with Gasteiger partial charge >= 0.3 is 0 Å². The van der Waals surface area contributed by atoms with E-state index in [2.05, 4.69) is 0 Å². The minimum Gasteiger partial charge on any atom is -0.494 e. The molecule has 5 nitrogen and oxygen atoms in total. The maximum Gasteiger partial charge on any atom is 0.246 e. The highest BCUT2D eigenvalue weighted by Gasteiger charge is 2.28. The van der Waals surface area contributed by atoms with E-state index in [9.17, 15) is 8.42 Å². The molecule has 124 valence electrons. The molecule has 0 spiro atoms. The van der Waals surface area contributed by atoms with Gasteiger partial charge in [-0.2, -0.15) is 4.31 Å². The van der Waals surface area contributed by atoms with Gasteiger partial charge in [-0.15, -0.1) is 0 Å². The summed E-state index contributed by atoms with van der Waals surface area (Å²) in [6.07, 6.45) is 4.00. The summed E-state index contributed by atoms with van der Waals surface area (Å²) in [5, 5.41) is 0. The molecule has 0 N–H and O–H groups in total. The van der Waals surface area contributed by atoms with Crippen LogP contribution in [0.3, 0.4) is 0 Å². The maximum absolute atomic E-state index is 13.0. The van der Waals surface area contributed by atoms with Crippen LogP contribution in [0.25, 0.3) is 0 Å². The topological polar surface area (TPSA) is 55.8 Å². The average molecular weight is 327 g/mol. The lowest BCUT2D eigenvalue weighted by atomic mass is 10.2. The third-order valence-electron chi connectivity index (χ3n) is 3.71. The third kappa shape index (κ3) is 3.93. The standard InChI is InChI=1S/C16H25NO4S/c1-3-20-14-9-10-15(21-4-2)16(13-14)22(18,19)17-11-7-5-6-8-12-17/h9-10,13H,3-8,11-12H2,1-2H3. The fourth-order valence-electron chi connectivity index (χ4n) is 2.64. The summed E-state index contributed by atoms with van der Waals surface area (Å²) >= 11 is 0. The van der Waals surface area contributed by atoms with Crippen molar-refractivity contribution >= 4 is 10.0 Å². The molecule has 1 aromatic carbocycles. The van der Waals surface area contributed by atoms with Crippen LogP contribution in [-0.4, -0.2) is 39.0 Å². The number of rotatable bonds is 6. The largest absolute Gasteiger partial charge is 0.494 e. The fraction of sp³-hybridized carbons (Fsp3) is 0.625. The summed E-state index contributed by atoms with van der Waals surface area (Å²) in [4.78, 5) is 0.210. The van der Waals surface area contributed by atoms with Gasteiger partial charge in [0.1, 0.15) is 16.4 Å². The molecule has 1 heterocycles. The number of ether oxygens (including phenoxy) is 2. The molecule has 1 aromatic rings. The number of sulfonamides is 1. The van der Waals surface area contributed by atoms with E-state index in [0.29, 0.717) is 37.8 Å². The van der Waals surface area contributed by atoms with E-state index in [4.69, 9.17) is 9.47 Å². The Morgan fingerprint density at radius 3 is 2.23 bits per heavy atom. The van der Waals surface area contributed by atoms with Gasteiger partial charge in [0, 0.05) is 19.2 Å². The molecule has 0 unspecified atom stereocenters. The highest BCUT2D eigenvalue weighted by atomic mass is 32.2.